The zero-order valence-corrected chi connectivity index (χ0v) is 21.8. The van der Waals surface area contributed by atoms with E-state index in [1.165, 1.54) is 24.3 Å². The van der Waals surface area contributed by atoms with Gasteiger partial charge in [0.1, 0.15) is 18.1 Å². The fraction of sp³-hybridized carbons (Fsp3) is 0.571. The molecule has 16 nitrogen and oxygen atoms in total. The van der Waals surface area contributed by atoms with Crippen molar-refractivity contribution < 1.29 is 29.1 Å². The van der Waals surface area contributed by atoms with Crippen LogP contribution < -0.4 is 38.9 Å². The number of thioether (sulfide) groups is 1. The number of hydrogen-bond donors (Lipinski definition) is 9. The first kappa shape index (κ1) is 32.2. The summed E-state index contributed by atoms with van der Waals surface area (Å²) in [6.07, 6.45) is 4.70. The number of aromatic amines is 1. The van der Waals surface area contributed by atoms with Gasteiger partial charge in [0.25, 0.3) is 0 Å². The van der Waals surface area contributed by atoms with E-state index in [1.54, 1.807) is 0 Å². The number of rotatable bonds is 18. The summed E-state index contributed by atoms with van der Waals surface area (Å²) in [5, 5.41) is 17.0. The van der Waals surface area contributed by atoms with Gasteiger partial charge in [-0.3, -0.25) is 24.2 Å². The summed E-state index contributed by atoms with van der Waals surface area (Å²) >= 11 is 1.42. The van der Waals surface area contributed by atoms with Crippen LogP contribution in [-0.2, 0) is 30.4 Å². The van der Waals surface area contributed by atoms with E-state index in [9.17, 15) is 29.1 Å². The van der Waals surface area contributed by atoms with Gasteiger partial charge in [0.15, 0.2) is 5.96 Å². The maximum atomic E-state index is 13.1. The topological polar surface area (TPSA) is 287 Å². The lowest BCUT2D eigenvalue weighted by Gasteiger charge is -2.25. The predicted molar refractivity (Wildman–Crippen MR) is 140 cm³/mol. The Kier molecular flexibility index (Phi) is 14.2. The molecule has 13 N–H and O–H groups in total. The van der Waals surface area contributed by atoms with Gasteiger partial charge in [-0.05, 0) is 31.3 Å². The zero-order valence-electron chi connectivity index (χ0n) is 21.0. The first-order valence-electron chi connectivity index (χ1n) is 11.6. The highest BCUT2D eigenvalue weighted by Gasteiger charge is 2.30. The molecule has 0 fully saturated rings. The number of aliphatic carboxylic acids is 1. The summed E-state index contributed by atoms with van der Waals surface area (Å²) < 4.78 is 0. The Labute approximate surface area is 223 Å². The first-order chi connectivity index (χ1) is 17.9. The Morgan fingerprint density at radius 1 is 1.03 bits per heavy atom. The van der Waals surface area contributed by atoms with Gasteiger partial charge in [0, 0.05) is 24.9 Å². The smallest absolute Gasteiger partial charge is 0.326 e. The van der Waals surface area contributed by atoms with Gasteiger partial charge in [0.2, 0.25) is 23.6 Å². The number of carbonyl (C=O) groups is 5. The van der Waals surface area contributed by atoms with Crippen LogP contribution in [0.4, 0.5) is 0 Å². The monoisotopic (exact) mass is 556 g/mol. The molecule has 0 saturated carbocycles. The number of nitrogens with zero attached hydrogens (tertiary/aromatic N) is 2. The molecule has 0 spiro atoms. The summed E-state index contributed by atoms with van der Waals surface area (Å²) in [6, 6.07) is -4.82. The molecule has 17 heteroatoms. The molecular weight excluding hydrogens is 520 g/mol. The van der Waals surface area contributed by atoms with Crippen LogP contribution >= 0.6 is 11.8 Å². The van der Waals surface area contributed by atoms with E-state index < -0.39 is 60.2 Å². The Morgan fingerprint density at radius 3 is 2.16 bits per heavy atom. The van der Waals surface area contributed by atoms with Crippen LogP contribution in [0.5, 0.6) is 0 Å². The SMILES string of the molecule is CSCCC(NC(=O)C(CCCN=C(N)N)NC(=O)C(N)CC(N)=O)C(=O)NC(Cc1cnc[nH]1)C(=O)O. The second-order valence-electron chi connectivity index (χ2n) is 8.31. The summed E-state index contributed by atoms with van der Waals surface area (Å²) in [5.74, 6) is -3.94. The van der Waals surface area contributed by atoms with E-state index in [-0.39, 0.29) is 38.2 Å². The molecule has 0 aliphatic carbocycles. The van der Waals surface area contributed by atoms with E-state index >= 15 is 0 Å². The molecule has 38 heavy (non-hydrogen) atoms. The Bertz CT molecular complexity index is 970. The Hall–Kier alpha value is -3.86. The molecule has 212 valence electrons. The summed E-state index contributed by atoms with van der Waals surface area (Å²) in [4.78, 5) is 71.9. The number of amides is 4. The van der Waals surface area contributed by atoms with Gasteiger partial charge < -0.3 is 49.0 Å². The Balaban J connectivity index is 3.00. The number of nitrogens with one attached hydrogen (secondary N) is 4. The van der Waals surface area contributed by atoms with E-state index in [2.05, 4.69) is 30.9 Å². The summed E-state index contributed by atoms with van der Waals surface area (Å²) in [5.41, 5.74) is 21.9. The van der Waals surface area contributed by atoms with Crippen molar-refractivity contribution in [3.05, 3.63) is 18.2 Å². The van der Waals surface area contributed by atoms with Crippen LogP contribution in [0.2, 0.25) is 0 Å². The maximum absolute atomic E-state index is 13.1. The van der Waals surface area contributed by atoms with Crippen molar-refractivity contribution in [1.29, 1.82) is 0 Å². The minimum Gasteiger partial charge on any atom is -0.480 e. The summed E-state index contributed by atoms with van der Waals surface area (Å²) in [6.45, 7) is 0.166. The fourth-order valence-corrected chi connectivity index (χ4v) is 3.70. The van der Waals surface area contributed by atoms with Crippen molar-refractivity contribution >= 4 is 47.3 Å². The third-order valence-corrected chi connectivity index (χ3v) is 5.82. The van der Waals surface area contributed by atoms with Crippen molar-refractivity contribution in [2.24, 2.45) is 27.9 Å². The highest BCUT2D eigenvalue weighted by molar-refractivity contribution is 7.98. The van der Waals surface area contributed by atoms with Gasteiger partial charge in [0.05, 0.1) is 18.8 Å². The van der Waals surface area contributed by atoms with Gasteiger partial charge in [-0.25, -0.2) is 9.78 Å². The molecule has 0 aliphatic heterocycles. The molecule has 4 unspecified atom stereocenters. The highest BCUT2D eigenvalue weighted by Crippen LogP contribution is 2.07. The van der Waals surface area contributed by atoms with Gasteiger partial charge in [-0.15, -0.1) is 0 Å². The molecular formula is C21H36N10O6S. The Morgan fingerprint density at radius 2 is 1.63 bits per heavy atom. The zero-order chi connectivity index (χ0) is 28.7. The quantitative estimate of drug-likeness (QED) is 0.0485. The lowest BCUT2D eigenvalue weighted by Crippen LogP contribution is -2.57. The molecule has 1 aromatic heterocycles. The standard InChI is InChI=1S/C21H36N10O6S/c1-38-6-4-14(19(35)31-15(20(36)37)7-11-9-26-10-28-11)30-18(34)13(3-2-5-27-21(24)25)29-17(33)12(22)8-16(23)32/h9-10,12-15H,2-8,22H2,1H3,(H2,23,32)(H,26,28)(H,29,33)(H,30,34)(H,31,35)(H,36,37)(H4,24,25,27). The van der Waals surface area contributed by atoms with Crippen molar-refractivity contribution in [3.63, 3.8) is 0 Å². The average molecular weight is 557 g/mol. The number of primary amides is 1. The molecule has 0 radical (unpaired) electrons. The largest absolute Gasteiger partial charge is 0.480 e. The van der Waals surface area contributed by atoms with Crippen molar-refractivity contribution in [3.8, 4) is 0 Å². The van der Waals surface area contributed by atoms with E-state index in [4.69, 9.17) is 22.9 Å². The lowest BCUT2D eigenvalue weighted by atomic mass is 10.1. The minimum atomic E-state index is -1.28. The highest BCUT2D eigenvalue weighted by atomic mass is 32.2. The number of imidazole rings is 1. The molecule has 1 rings (SSSR count). The van der Waals surface area contributed by atoms with Crippen LogP contribution in [-0.4, -0.2) is 93.4 Å². The van der Waals surface area contributed by atoms with Gasteiger partial charge in [-0.1, -0.05) is 0 Å². The molecule has 4 atom stereocenters. The van der Waals surface area contributed by atoms with Crippen LogP contribution in [0.15, 0.2) is 17.5 Å². The molecule has 0 aliphatic rings. The van der Waals surface area contributed by atoms with Gasteiger partial charge >= 0.3 is 5.97 Å². The minimum absolute atomic E-state index is 0.0501. The number of carbonyl (C=O) groups excluding carboxylic acids is 4. The third kappa shape index (κ3) is 12.4. The maximum Gasteiger partial charge on any atom is 0.326 e. The molecule has 0 aromatic carbocycles. The molecule has 4 amide bonds. The number of hydrogen-bond acceptors (Lipinski definition) is 9. The normalized spacial score (nSPS) is 13.8. The number of guanidine groups is 1. The average Bonchev–Trinajstić information content (AvgIpc) is 3.35. The van der Waals surface area contributed by atoms with Crippen molar-refractivity contribution in [1.82, 2.24) is 25.9 Å². The van der Waals surface area contributed by atoms with Crippen LogP contribution in [0.1, 0.15) is 31.4 Å². The third-order valence-electron chi connectivity index (χ3n) is 5.17. The van der Waals surface area contributed by atoms with Crippen molar-refractivity contribution in [2.75, 3.05) is 18.6 Å². The van der Waals surface area contributed by atoms with Gasteiger partial charge in [-0.2, -0.15) is 11.8 Å². The molecule has 0 saturated heterocycles. The number of H-pyrrole nitrogens is 1. The summed E-state index contributed by atoms with van der Waals surface area (Å²) in [7, 11) is 0. The predicted octanol–water partition coefficient (Wildman–Crippen LogP) is -3.50. The number of aromatic nitrogens is 2. The van der Waals surface area contributed by atoms with Crippen LogP contribution in [0.25, 0.3) is 0 Å². The number of carboxylic acids is 1. The van der Waals surface area contributed by atoms with E-state index in [0.717, 1.165) is 0 Å². The van der Waals surface area contributed by atoms with Crippen LogP contribution in [0, 0.1) is 0 Å². The molecule has 1 heterocycles. The molecule has 1 aromatic rings. The number of aliphatic imine (C=N–C) groups is 1. The second-order valence-corrected chi connectivity index (χ2v) is 9.30. The van der Waals surface area contributed by atoms with Crippen molar-refractivity contribution in [2.45, 2.75) is 56.3 Å². The lowest BCUT2D eigenvalue weighted by molar-refractivity contribution is -0.142. The molecule has 0 bridgehead atoms. The number of nitrogens with two attached hydrogens (primary N) is 4. The first-order valence-corrected chi connectivity index (χ1v) is 13.0. The number of carboxylic acid groups (broad SMARTS) is 1. The van der Waals surface area contributed by atoms with E-state index in [0.29, 0.717) is 11.4 Å². The van der Waals surface area contributed by atoms with E-state index in [1.807, 2.05) is 6.26 Å². The second kappa shape index (κ2) is 16.8. The fourth-order valence-electron chi connectivity index (χ4n) is 3.23. The van der Waals surface area contributed by atoms with Crippen LogP contribution in [0.3, 0.4) is 0 Å².